The number of carbonyl (C=O) groups excluding carboxylic acids is 1. The highest BCUT2D eigenvalue weighted by atomic mass is 19.1. The number of hydrogen-bond donors (Lipinski definition) is 0. The lowest BCUT2D eigenvalue weighted by atomic mass is 10.1. The number of benzene rings is 2. The maximum atomic E-state index is 13.6. The molecular formula is C20H17FN2O3. The van der Waals surface area contributed by atoms with Crippen LogP contribution in [-0.4, -0.2) is 16.1 Å². The summed E-state index contributed by atoms with van der Waals surface area (Å²) < 4.78 is 23.7. The fourth-order valence-electron chi connectivity index (χ4n) is 2.19. The van der Waals surface area contributed by atoms with Crippen LogP contribution >= 0.6 is 0 Å². The summed E-state index contributed by atoms with van der Waals surface area (Å²) >= 11 is 0. The Morgan fingerprint density at radius 1 is 1.19 bits per heavy atom. The molecule has 0 fully saturated rings. The van der Waals surface area contributed by atoms with Gasteiger partial charge in [0.25, 0.3) is 5.89 Å². The van der Waals surface area contributed by atoms with Crippen LogP contribution in [0.3, 0.4) is 0 Å². The first-order valence-electron chi connectivity index (χ1n) is 8.02. The third-order valence-electron chi connectivity index (χ3n) is 3.73. The van der Waals surface area contributed by atoms with Crippen LogP contribution in [0.15, 0.2) is 53.1 Å². The summed E-state index contributed by atoms with van der Waals surface area (Å²) in [5, 5.41) is 3.77. The van der Waals surface area contributed by atoms with Crippen LogP contribution in [-0.2, 0) is 16.1 Å². The number of aryl methyl sites for hydroxylation is 2. The molecule has 26 heavy (non-hydrogen) atoms. The average Bonchev–Trinajstić information content (AvgIpc) is 3.11. The average molecular weight is 352 g/mol. The van der Waals surface area contributed by atoms with Gasteiger partial charge < -0.3 is 9.26 Å². The van der Waals surface area contributed by atoms with Crippen molar-refractivity contribution in [2.45, 2.75) is 20.5 Å². The van der Waals surface area contributed by atoms with Gasteiger partial charge in [0.15, 0.2) is 6.61 Å². The number of halogens is 1. The van der Waals surface area contributed by atoms with Crippen molar-refractivity contribution < 1.29 is 18.4 Å². The zero-order chi connectivity index (χ0) is 18.5. The van der Waals surface area contributed by atoms with Crippen molar-refractivity contribution in [2.24, 2.45) is 0 Å². The smallest absolute Gasteiger partial charge is 0.331 e. The molecule has 0 atom stereocenters. The number of esters is 1. The van der Waals surface area contributed by atoms with Crippen LogP contribution in [0.4, 0.5) is 4.39 Å². The lowest BCUT2D eigenvalue weighted by Gasteiger charge is -1.98. The van der Waals surface area contributed by atoms with E-state index in [0.717, 1.165) is 11.1 Å². The molecule has 0 spiro atoms. The van der Waals surface area contributed by atoms with Crippen LogP contribution in [0.1, 0.15) is 22.6 Å². The zero-order valence-electron chi connectivity index (χ0n) is 14.4. The first-order chi connectivity index (χ1) is 12.5. The van der Waals surface area contributed by atoms with E-state index < -0.39 is 5.97 Å². The highest BCUT2D eigenvalue weighted by molar-refractivity contribution is 5.87. The Balaban J connectivity index is 1.58. The molecule has 3 rings (SSSR count). The number of carbonyl (C=O) groups is 1. The van der Waals surface area contributed by atoms with Crippen LogP contribution < -0.4 is 0 Å². The topological polar surface area (TPSA) is 65.2 Å². The van der Waals surface area contributed by atoms with Crippen LogP contribution in [0, 0.1) is 19.7 Å². The quantitative estimate of drug-likeness (QED) is 0.507. The van der Waals surface area contributed by atoms with Crippen molar-refractivity contribution in [3.8, 4) is 11.4 Å². The molecule has 0 saturated carbocycles. The van der Waals surface area contributed by atoms with E-state index in [-0.39, 0.29) is 24.1 Å². The third-order valence-corrected chi connectivity index (χ3v) is 3.73. The molecule has 2 aromatic carbocycles. The number of nitrogens with zero attached hydrogens (tertiary/aromatic N) is 2. The van der Waals surface area contributed by atoms with Crippen LogP contribution in [0.25, 0.3) is 17.5 Å². The van der Waals surface area contributed by atoms with E-state index in [1.54, 1.807) is 25.1 Å². The minimum absolute atomic E-state index is 0.137. The van der Waals surface area contributed by atoms with E-state index in [1.807, 2.05) is 31.2 Å². The minimum Gasteiger partial charge on any atom is -0.452 e. The van der Waals surface area contributed by atoms with Gasteiger partial charge in [-0.1, -0.05) is 47.1 Å². The molecule has 1 heterocycles. The van der Waals surface area contributed by atoms with E-state index in [2.05, 4.69) is 10.1 Å². The Morgan fingerprint density at radius 2 is 1.96 bits per heavy atom. The molecule has 0 aliphatic carbocycles. The molecule has 1 aromatic heterocycles. The number of hydrogen-bond acceptors (Lipinski definition) is 5. The van der Waals surface area contributed by atoms with Crippen molar-refractivity contribution in [1.29, 1.82) is 0 Å². The monoisotopic (exact) mass is 352 g/mol. The van der Waals surface area contributed by atoms with E-state index in [1.165, 1.54) is 12.1 Å². The first kappa shape index (κ1) is 17.5. The fraction of sp³-hybridized carbons (Fsp3) is 0.150. The molecule has 0 N–H and O–H groups in total. The second-order valence-electron chi connectivity index (χ2n) is 5.83. The largest absolute Gasteiger partial charge is 0.452 e. The third kappa shape index (κ3) is 4.42. The van der Waals surface area contributed by atoms with Gasteiger partial charge in [-0.2, -0.15) is 4.98 Å². The molecule has 0 aliphatic rings. The molecule has 0 radical (unpaired) electrons. The van der Waals surface area contributed by atoms with Crippen molar-refractivity contribution in [3.63, 3.8) is 0 Å². The summed E-state index contributed by atoms with van der Waals surface area (Å²) in [6.07, 6.45) is 2.99. The van der Waals surface area contributed by atoms with Gasteiger partial charge in [-0.3, -0.25) is 0 Å². The Hall–Kier alpha value is -3.28. The van der Waals surface area contributed by atoms with Crippen molar-refractivity contribution >= 4 is 12.0 Å². The first-order valence-corrected chi connectivity index (χ1v) is 8.02. The van der Waals surface area contributed by atoms with Gasteiger partial charge in [0.1, 0.15) is 5.82 Å². The highest BCUT2D eigenvalue weighted by Crippen LogP contribution is 2.19. The minimum atomic E-state index is -0.522. The van der Waals surface area contributed by atoms with E-state index in [9.17, 15) is 9.18 Å². The predicted octanol–water partition coefficient (Wildman–Crippen LogP) is 4.25. The molecular weight excluding hydrogens is 335 g/mol. The van der Waals surface area contributed by atoms with Gasteiger partial charge in [0.2, 0.25) is 5.82 Å². The number of aromatic nitrogens is 2. The molecule has 0 saturated heterocycles. The molecule has 5 nitrogen and oxygen atoms in total. The van der Waals surface area contributed by atoms with E-state index in [4.69, 9.17) is 9.26 Å². The standard InChI is InChI=1S/C20H17FN2O3/c1-13-3-6-15(7-4-13)8-10-19(24)25-12-18-22-20(23-26-18)16-9-5-14(2)17(21)11-16/h3-11H,12H2,1-2H3/b10-8+. The molecule has 0 bridgehead atoms. The van der Waals surface area contributed by atoms with Crippen LogP contribution in [0.5, 0.6) is 0 Å². The molecule has 0 unspecified atom stereocenters. The summed E-state index contributed by atoms with van der Waals surface area (Å²) in [6, 6.07) is 12.4. The van der Waals surface area contributed by atoms with Gasteiger partial charge in [0.05, 0.1) is 0 Å². The second kappa shape index (κ2) is 7.74. The predicted molar refractivity (Wildman–Crippen MR) is 94.4 cm³/mol. The summed E-state index contributed by atoms with van der Waals surface area (Å²) in [4.78, 5) is 15.9. The number of ether oxygens (including phenoxy) is 1. The van der Waals surface area contributed by atoms with Gasteiger partial charge in [-0.25, -0.2) is 9.18 Å². The summed E-state index contributed by atoms with van der Waals surface area (Å²) in [7, 11) is 0. The zero-order valence-corrected chi connectivity index (χ0v) is 14.4. The molecule has 132 valence electrons. The van der Waals surface area contributed by atoms with E-state index >= 15 is 0 Å². The Kier molecular flexibility index (Phi) is 5.22. The van der Waals surface area contributed by atoms with E-state index in [0.29, 0.717) is 11.1 Å². The summed E-state index contributed by atoms with van der Waals surface area (Å²) in [6.45, 7) is 3.51. The van der Waals surface area contributed by atoms with Crippen molar-refractivity contribution in [2.75, 3.05) is 0 Å². The van der Waals surface area contributed by atoms with Gasteiger partial charge in [0, 0.05) is 11.6 Å². The maximum absolute atomic E-state index is 13.6. The molecule has 3 aromatic rings. The normalized spacial score (nSPS) is 11.0. The Labute approximate surface area is 150 Å². The highest BCUT2D eigenvalue weighted by Gasteiger charge is 2.11. The van der Waals surface area contributed by atoms with Gasteiger partial charge in [-0.15, -0.1) is 0 Å². The van der Waals surface area contributed by atoms with Gasteiger partial charge >= 0.3 is 5.97 Å². The molecule has 0 aliphatic heterocycles. The fourth-order valence-corrected chi connectivity index (χ4v) is 2.19. The maximum Gasteiger partial charge on any atom is 0.331 e. The Bertz CT molecular complexity index is 946. The SMILES string of the molecule is Cc1ccc(/C=C/C(=O)OCc2nc(-c3ccc(C)c(F)c3)no2)cc1. The van der Waals surface area contributed by atoms with Gasteiger partial charge in [-0.05, 0) is 37.1 Å². The van der Waals surface area contributed by atoms with Crippen LogP contribution in [0.2, 0.25) is 0 Å². The molecule has 0 amide bonds. The second-order valence-corrected chi connectivity index (χ2v) is 5.83. The molecule has 6 heteroatoms. The van der Waals surface area contributed by atoms with Crippen molar-refractivity contribution in [3.05, 3.63) is 76.9 Å². The lowest BCUT2D eigenvalue weighted by Crippen LogP contribution is -2.01. The lowest BCUT2D eigenvalue weighted by molar-refractivity contribution is -0.139. The Morgan fingerprint density at radius 3 is 2.69 bits per heavy atom. The summed E-state index contributed by atoms with van der Waals surface area (Å²) in [5.74, 6) is -0.489. The summed E-state index contributed by atoms with van der Waals surface area (Å²) in [5.41, 5.74) is 3.07. The van der Waals surface area contributed by atoms with Crippen molar-refractivity contribution in [1.82, 2.24) is 10.1 Å². The number of rotatable bonds is 5.